The molecule has 0 aliphatic carbocycles. The first-order chi connectivity index (χ1) is 11.3. The second-order valence-corrected chi connectivity index (χ2v) is 5.80. The van der Waals surface area contributed by atoms with E-state index in [9.17, 15) is 4.79 Å². The minimum absolute atomic E-state index is 0.0310. The predicted molar refractivity (Wildman–Crippen MR) is 93.4 cm³/mol. The summed E-state index contributed by atoms with van der Waals surface area (Å²) in [6.45, 7) is 3.33. The first-order valence-corrected chi connectivity index (χ1v) is 7.82. The molecule has 6 nitrogen and oxygen atoms in total. The van der Waals surface area contributed by atoms with Crippen molar-refractivity contribution >= 4 is 34.9 Å². The van der Waals surface area contributed by atoms with E-state index in [1.807, 2.05) is 19.1 Å². The molecule has 1 aromatic carbocycles. The standard InChI is InChI=1S/C16H17Cl2N3O3/c1-8-5-12(23-3)13(24-4)7-10(8)6-11-14(17)20-16(18)21-15(11)19-9(2)22/h5,7H,6H2,1-4H3,(H,19,20,21,22). The Kier molecular flexibility index (Phi) is 5.85. The zero-order valence-corrected chi connectivity index (χ0v) is 15.2. The lowest BCUT2D eigenvalue weighted by atomic mass is 10.0. The SMILES string of the molecule is COc1cc(C)c(Cc2c(Cl)nc(Cl)nc2NC(C)=O)cc1OC. The van der Waals surface area contributed by atoms with Gasteiger partial charge in [-0.2, -0.15) is 4.98 Å². The number of methoxy groups -OCH3 is 2. The molecule has 128 valence electrons. The zero-order chi connectivity index (χ0) is 17.9. The molecule has 1 heterocycles. The van der Waals surface area contributed by atoms with Crippen LogP contribution in [0.2, 0.25) is 10.4 Å². The van der Waals surface area contributed by atoms with E-state index in [0.29, 0.717) is 29.3 Å². The summed E-state index contributed by atoms with van der Waals surface area (Å²) in [5.74, 6) is 1.26. The average Bonchev–Trinajstić information content (AvgIpc) is 2.50. The number of rotatable bonds is 5. The molecule has 0 fully saturated rings. The Morgan fingerprint density at radius 3 is 2.38 bits per heavy atom. The Balaban J connectivity index is 2.49. The number of nitrogens with one attached hydrogen (secondary N) is 1. The molecule has 1 aromatic heterocycles. The maximum Gasteiger partial charge on any atom is 0.225 e. The lowest BCUT2D eigenvalue weighted by Crippen LogP contribution is -2.12. The highest BCUT2D eigenvalue weighted by Crippen LogP contribution is 2.33. The number of carbonyl (C=O) groups excluding carboxylic acids is 1. The van der Waals surface area contributed by atoms with E-state index in [2.05, 4.69) is 15.3 Å². The monoisotopic (exact) mass is 369 g/mol. The Bertz CT molecular complexity index is 782. The normalized spacial score (nSPS) is 10.4. The molecule has 0 saturated carbocycles. The Morgan fingerprint density at radius 1 is 1.17 bits per heavy atom. The molecule has 0 radical (unpaired) electrons. The van der Waals surface area contributed by atoms with Crippen molar-refractivity contribution in [3.63, 3.8) is 0 Å². The smallest absolute Gasteiger partial charge is 0.225 e. The molecule has 1 N–H and O–H groups in total. The predicted octanol–water partition coefficient (Wildman–Crippen LogP) is 3.66. The van der Waals surface area contributed by atoms with Gasteiger partial charge in [-0.15, -0.1) is 0 Å². The van der Waals surface area contributed by atoms with E-state index in [0.717, 1.165) is 11.1 Å². The third kappa shape index (κ3) is 4.07. The van der Waals surface area contributed by atoms with Crippen LogP contribution in [-0.4, -0.2) is 30.1 Å². The molecule has 8 heteroatoms. The third-order valence-electron chi connectivity index (χ3n) is 3.43. The summed E-state index contributed by atoms with van der Waals surface area (Å²) < 4.78 is 10.6. The summed E-state index contributed by atoms with van der Waals surface area (Å²) in [6, 6.07) is 3.73. The van der Waals surface area contributed by atoms with Gasteiger partial charge in [-0.05, 0) is 41.8 Å². The Morgan fingerprint density at radius 2 is 1.79 bits per heavy atom. The lowest BCUT2D eigenvalue weighted by Gasteiger charge is -2.15. The summed E-state index contributed by atoms with van der Waals surface area (Å²) in [5, 5.41) is 2.79. The number of nitrogens with zero attached hydrogens (tertiary/aromatic N) is 2. The summed E-state index contributed by atoms with van der Waals surface area (Å²) in [7, 11) is 3.15. The number of anilines is 1. The quantitative estimate of drug-likeness (QED) is 0.642. The van der Waals surface area contributed by atoms with E-state index in [1.54, 1.807) is 14.2 Å². The highest BCUT2D eigenvalue weighted by atomic mass is 35.5. The number of aryl methyl sites for hydroxylation is 1. The van der Waals surface area contributed by atoms with Crippen LogP contribution in [0.25, 0.3) is 0 Å². The van der Waals surface area contributed by atoms with Crippen LogP contribution in [0.4, 0.5) is 5.82 Å². The van der Waals surface area contributed by atoms with E-state index in [-0.39, 0.29) is 16.3 Å². The molecule has 0 atom stereocenters. The number of carbonyl (C=O) groups is 1. The molecule has 0 unspecified atom stereocenters. The van der Waals surface area contributed by atoms with E-state index in [4.69, 9.17) is 32.7 Å². The van der Waals surface area contributed by atoms with E-state index in [1.165, 1.54) is 6.92 Å². The second-order valence-electron chi connectivity index (χ2n) is 5.10. The molecule has 0 spiro atoms. The second kappa shape index (κ2) is 7.68. The van der Waals surface area contributed by atoms with Crippen LogP contribution in [0.3, 0.4) is 0 Å². The van der Waals surface area contributed by atoms with Gasteiger partial charge < -0.3 is 14.8 Å². The minimum atomic E-state index is -0.272. The van der Waals surface area contributed by atoms with E-state index >= 15 is 0 Å². The van der Waals surface area contributed by atoms with Crippen molar-refractivity contribution in [2.24, 2.45) is 0 Å². The van der Waals surface area contributed by atoms with Gasteiger partial charge in [0.05, 0.1) is 14.2 Å². The van der Waals surface area contributed by atoms with Crippen LogP contribution >= 0.6 is 23.2 Å². The van der Waals surface area contributed by atoms with Crippen LogP contribution < -0.4 is 14.8 Å². The van der Waals surface area contributed by atoms with Gasteiger partial charge >= 0.3 is 0 Å². The van der Waals surface area contributed by atoms with Gasteiger partial charge in [0.1, 0.15) is 11.0 Å². The van der Waals surface area contributed by atoms with Crippen LogP contribution in [-0.2, 0) is 11.2 Å². The molecule has 0 saturated heterocycles. The molecule has 0 bridgehead atoms. The van der Waals surface area contributed by atoms with Gasteiger partial charge in [-0.25, -0.2) is 4.98 Å². The van der Waals surface area contributed by atoms with Gasteiger partial charge in [-0.3, -0.25) is 4.79 Å². The van der Waals surface area contributed by atoms with Crippen molar-refractivity contribution in [3.05, 3.63) is 39.3 Å². The summed E-state index contributed by atoms with van der Waals surface area (Å²) >= 11 is 12.0. The largest absolute Gasteiger partial charge is 0.493 e. The van der Waals surface area contributed by atoms with Gasteiger partial charge in [0.25, 0.3) is 0 Å². The summed E-state index contributed by atoms with van der Waals surface area (Å²) in [6.07, 6.45) is 0.401. The number of hydrogen-bond donors (Lipinski definition) is 1. The van der Waals surface area contributed by atoms with E-state index < -0.39 is 0 Å². The molecule has 0 aliphatic rings. The maximum absolute atomic E-state index is 11.4. The molecule has 2 rings (SSSR count). The van der Waals surface area contributed by atoms with Crippen molar-refractivity contribution < 1.29 is 14.3 Å². The zero-order valence-electron chi connectivity index (χ0n) is 13.7. The number of amides is 1. The fourth-order valence-corrected chi connectivity index (χ4v) is 2.71. The van der Waals surface area contributed by atoms with Crippen molar-refractivity contribution in [1.82, 2.24) is 9.97 Å². The van der Waals surface area contributed by atoms with Crippen molar-refractivity contribution in [2.45, 2.75) is 20.3 Å². The fraction of sp³-hybridized carbons (Fsp3) is 0.312. The number of hydrogen-bond acceptors (Lipinski definition) is 5. The van der Waals surface area contributed by atoms with Crippen molar-refractivity contribution in [2.75, 3.05) is 19.5 Å². The van der Waals surface area contributed by atoms with Gasteiger partial charge in [0.2, 0.25) is 11.2 Å². The maximum atomic E-state index is 11.4. The molecule has 24 heavy (non-hydrogen) atoms. The number of halogens is 2. The van der Waals surface area contributed by atoms with Crippen LogP contribution in [0.5, 0.6) is 11.5 Å². The third-order valence-corrected chi connectivity index (χ3v) is 3.91. The molecule has 2 aromatic rings. The Hall–Kier alpha value is -2.05. The topological polar surface area (TPSA) is 73.3 Å². The molecular formula is C16H17Cl2N3O3. The molecular weight excluding hydrogens is 353 g/mol. The highest BCUT2D eigenvalue weighted by Gasteiger charge is 2.17. The van der Waals surface area contributed by atoms with Gasteiger partial charge in [0, 0.05) is 18.9 Å². The van der Waals surface area contributed by atoms with Gasteiger partial charge in [0.15, 0.2) is 11.5 Å². The van der Waals surface area contributed by atoms with Crippen molar-refractivity contribution in [1.29, 1.82) is 0 Å². The highest BCUT2D eigenvalue weighted by molar-refractivity contribution is 6.32. The minimum Gasteiger partial charge on any atom is -0.493 e. The number of ether oxygens (including phenoxy) is 2. The van der Waals surface area contributed by atoms with Crippen molar-refractivity contribution in [3.8, 4) is 11.5 Å². The lowest BCUT2D eigenvalue weighted by molar-refractivity contribution is -0.114. The Labute approximate surface area is 150 Å². The summed E-state index contributed by atoms with van der Waals surface area (Å²) in [5.41, 5.74) is 2.49. The van der Waals surface area contributed by atoms with Gasteiger partial charge in [-0.1, -0.05) is 11.6 Å². The fourth-order valence-electron chi connectivity index (χ4n) is 2.26. The number of benzene rings is 1. The van der Waals surface area contributed by atoms with Crippen LogP contribution in [0.15, 0.2) is 12.1 Å². The first-order valence-electron chi connectivity index (χ1n) is 7.06. The van der Waals surface area contributed by atoms with Crippen LogP contribution in [0, 0.1) is 6.92 Å². The first kappa shape index (κ1) is 18.3. The van der Waals surface area contributed by atoms with Crippen LogP contribution in [0.1, 0.15) is 23.6 Å². The number of aromatic nitrogens is 2. The molecule has 0 aliphatic heterocycles. The average molecular weight is 370 g/mol. The molecule has 1 amide bonds. The summed E-state index contributed by atoms with van der Waals surface area (Å²) in [4.78, 5) is 19.4.